The molecule has 200 valence electrons. The molecule has 0 aliphatic heterocycles. The van der Waals surface area contributed by atoms with E-state index in [1.807, 2.05) is 0 Å². The number of rotatable bonds is 8. The van der Waals surface area contributed by atoms with Gasteiger partial charge >= 0.3 is 59.7 Å². The van der Waals surface area contributed by atoms with E-state index in [9.17, 15) is 92.2 Å². The molecule has 0 rings (SSSR count). The second-order valence-electron chi connectivity index (χ2n) is 5.70. The molecule has 33 heavy (non-hydrogen) atoms. The summed E-state index contributed by atoms with van der Waals surface area (Å²) in [4.78, 5) is 1.13. The smallest absolute Gasteiger partial charge is 0.248 e. The number of hydrogen-bond donors (Lipinski definition) is 1. The Labute approximate surface area is 163 Å². The van der Waals surface area contributed by atoms with E-state index in [0.717, 1.165) is 4.89 Å². The Morgan fingerprint density at radius 2 is 0.515 bits per heavy atom. The van der Waals surface area contributed by atoms with E-state index in [1.54, 1.807) is 0 Å². The van der Waals surface area contributed by atoms with Gasteiger partial charge in [-0.2, -0.15) is 97.1 Å². The van der Waals surface area contributed by atoms with Gasteiger partial charge in [0.25, 0.3) is 0 Å². The third kappa shape index (κ3) is 3.63. The van der Waals surface area contributed by atoms with E-state index in [-0.39, 0.29) is 0 Å². The van der Waals surface area contributed by atoms with E-state index in [1.165, 1.54) is 0 Å². The van der Waals surface area contributed by atoms with Gasteiger partial charge in [0.2, 0.25) is 0 Å². The lowest BCUT2D eigenvalue weighted by atomic mass is 9.86. The van der Waals surface area contributed by atoms with Gasteiger partial charge in [0, 0.05) is 0 Å². The first-order chi connectivity index (χ1) is 13.8. The summed E-state index contributed by atoms with van der Waals surface area (Å²) in [7, 11) is 0. The number of alkyl halides is 21. The minimum Gasteiger partial charge on any atom is -0.248 e. The molecule has 0 fully saturated rings. The van der Waals surface area contributed by atoms with E-state index in [4.69, 9.17) is 5.26 Å². The average molecular weight is 552 g/mol. The topological polar surface area (TPSA) is 29.5 Å². The first-order valence-corrected chi connectivity index (χ1v) is 6.61. The zero-order valence-electron chi connectivity index (χ0n) is 13.8. The molecule has 2 nitrogen and oxygen atoms in total. The molecule has 0 radical (unpaired) electrons. The average Bonchev–Trinajstić information content (AvgIpc) is 2.57. The van der Waals surface area contributed by atoms with Gasteiger partial charge in [0.05, 0.1) is 0 Å². The van der Waals surface area contributed by atoms with Crippen LogP contribution in [-0.4, -0.2) is 64.9 Å². The Kier molecular flexibility index (Phi) is 7.12. The Hall–Kier alpha value is -1.55. The summed E-state index contributed by atoms with van der Waals surface area (Å²) in [5.41, 5.74) is 0. The van der Waals surface area contributed by atoms with Crippen LogP contribution in [0.4, 0.5) is 92.2 Å². The Bertz CT molecular complexity index is 716. The van der Waals surface area contributed by atoms with Crippen molar-refractivity contribution in [3.8, 4) is 0 Å². The van der Waals surface area contributed by atoms with Crippen molar-refractivity contribution in [2.45, 2.75) is 59.7 Å². The maximum Gasteiger partial charge on any atom is 0.460 e. The Morgan fingerprint density at radius 3 is 0.727 bits per heavy atom. The highest BCUT2D eigenvalue weighted by Crippen LogP contribution is 2.66. The number of hydrogen-bond acceptors (Lipinski definition) is 2. The fraction of sp³-hybridized carbons (Fsp3) is 1.00. The van der Waals surface area contributed by atoms with Crippen molar-refractivity contribution in [2.75, 3.05) is 0 Å². The Balaban J connectivity index is 7.14. The van der Waals surface area contributed by atoms with Crippen molar-refractivity contribution in [3.63, 3.8) is 0 Å². The molecular formula is C10HF21O2. The molecule has 0 aromatic heterocycles. The van der Waals surface area contributed by atoms with Crippen LogP contribution in [0.2, 0.25) is 0 Å². The molecule has 1 N–H and O–H groups in total. The molecule has 1 atom stereocenters. The van der Waals surface area contributed by atoms with Gasteiger partial charge in [-0.25, -0.2) is 5.26 Å². The standard InChI is InChI=1S/C10HF21O2/c11-1(12,2(13,14)4(17,18)6(21,22)9(26,27)28)3(15,16)5(19,20)8(25,33-32)7(23,24)10(29,30)31/h32H. The minimum absolute atomic E-state index is 1.13. The van der Waals surface area contributed by atoms with E-state index in [2.05, 4.69) is 0 Å². The largest absolute Gasteiger partial charge is 0.460 e. The summed E-state index contributed by atoms with van der Waals surface area (Å²) >= 11 is 0. The van der Waals surface area contributed by atoms with Crippen LogP contribution in [0, 0.1) is 0 Å². The summed E-state index contributed by atoms with van der Waals surface area (Å²) in [5.74, 6) is -70.3. The maximum atomic E-state index is 13.4. The molecule has 0 aliphatic rings. The van der Waals surface area contributed by atoms with Gasteiger partial charge in [-0.1, -0.05) is 0 Å². The summed E-state index contributed by atoms with van der Waals surface area (Å²) in [6.45, 7) is 0. The van der Waals surface area contributed by atoms with Crippen molar-refractivity contribution < 1.29 is 102 Å². The lowest BCUT2D eigenvalue weighted by Crippen LogP contribution is -2.77. The van der Waals surface area contributed by atoms with Crippen molar-refractivity contribution >= 4 is 0 Å². The van der Waals surface area contributed by atoms with Crippen LogP contribution >= 0.6 is 0 Å². The van der Waals surface area contributed by atoms with Crippen LogP contribution in [0.15, 0.2) is 0 Å². The lowest BCUT2D eigenvalue weighted by molar-refractivity contribution is -0.535. The monoisotopic (exact) mass is 552 g/mol. The maximum absolute atomic E-state index is 13.4. The zero-order valence-corrected chi connectivity index (χ0v) is 13.8. The van der Waals surface area contributed by atoms with Crippen LogP contribution < -0.4 is 0 Å². The van der Waals surface area contributed by atoms with Gasteiger partial charge in [-0.3, -0.25) is 0 Å². The van der Waals surface area contributed by atoms with Gasteiger partial charge in [-0.15, -0.1) is 0 Å². The molecule has 0 heterocycles. The van der Waals surface area contributed by atoms with Crippen molar-refractivity contribution in [1.82, 2.24) is 0 Å². The number of halogens is 21. The second kappa shape index (κ2) is 7.47. The van der Waals surface area contributed by atoms with Crippen molar-refractivity contribution in [3.05, 3.63) is 0 Å². The highest BCUT2D eigenvalue weighted by atomic mass is 19.4. The van der Waals surface area contributed by atoms with Crippen molar-refractivity contribution in [1.29, 1.82) is 0 Å². The second-order valence-corrected chi connectivity index (χ2v) is 5.70. The molecule has 23 heteroatoms. The van der Waals surface area contributed by atoms with Crippen LogP contribution in [0.1, 0.15) is 0 Å². The molecule has 0 aromatic carbocycles. The molecule has 0 saturated heterocycles. The molecule has 0 amide bonds. The summed E-state index contributed by atoms with van der Waals surface area (Å²) in [5, 5.41) is 7.53. The van der Waals surface area contributed by atoms with E-state index >= 15 is 0 Å². The highest BCUT2D eigenvalue weighted by molar-refractivity contribution is 5.17. The third-order valence-electron chi connectivity index (χ3n) is 3.62. The van der Waals surface area contributed by atoms with Crippen LogP contribution in [0.25, 0.3) is 0 Å². The zero-order chi connectivity index (χ0) is 27.7. The third-order valence-corrected chi connectivity index (χ3v) is 3.62. The lowest BCUT2D eigenvalue weighted by Gasteiger charge is -2.44. The van der Waals surface area contributed by atoms with Gasteiger partial charge in [0.1, 0.15) is 0 Å². The predicted molar refractivity (Wildman–Crippen MR) is 54.3 cm³/mol. The SMILES string of the molecule is OOC(F)(C(F)(F)C(F)(F)F)C(F)(F)C(F)(F)C(F)(F)C(F)(F)C(F)(F)C(F)(F)C(F)(F)F. The summed E-state index contributed by atoms with van der Waals surface area (Å²) in [6.07, 6.45) is -16.0. The minimum atomic E-state index is -9.20. The quantitative estimate of drug-likeness (QED) is 0.206. The molecular weight excluding hydrogens is 551 g/mol. The summed E-state index contributed by atoms with van der Waals surface area (Å²) in [6, 6.07) is 0. The molecule has 0 spiro atoms. The first kappa shape index (κ1) is 31.4. The van der Waals surface area contributed by atoms with E-state index in [0.29, 0.717) is 0 Å². The molecule has 0 aliphatic carbocycles. The van der Waals surface area contributed by atoms with Crippen LogP contribution in [-0.2, 0) is 4.89 Å². The van der Waals surface area contributed by atoms with Gasteiger partial charge in [0.15, 0.2) is 0 Å². The normalized spacial score (nSPS) is 18.4. The summed E-state index contributed by atoms with van der Waals surface area (Å²) < 4.78 is 268. The molecule has 0 aromatic rings. The molecule has 1 unspecified atom stereocenters. The fourth-order valence-corrected chi connectivity index (χ4v) is 1.66. The Morgan fingerprint density at radius 1 is 0.303 bits per heavy atom. The highest BCUT2D eigenvalue weighted by Gasteiger charge is 2.98. The molecule has 0 bridgehead atoms. The van der Waals surface area contributed by atoms with Crippen LogP contribution in [0.5, 0.6) is 0 Å². The predicted octanol–water partition coefficient (Wildman–Crippen LogP) is 6.71. The fourth-order valence-electron chi connectivity index (χ4n) is 1.66. The first-order valence-electron chi connectivity index (χ1n) is 6.61. The van der Waals surface area contributed by atoms with E-state index < -0.39 is 59.7 Å². The van der Waals surface area contributed by atoms with Gasteiger partial charge in [-0.05, 0) is 0 Å². The van der Waals surface area contributed by atoms with Crippen LogP contribution in [0.3, 0.4) is 0 Å². The van der Waals surface area contributed by atoms with Gasteiger partial charge < -0.3 is 0 Å². The molecule has 0 saturated carbocycles. The van der Waals surface area contributed by atoms with Crippen molar-refractivity contribution in [2.24, 2.45) is 0 Å².